The average Bonchev–Trinajstić information content (AvgIpc) is 1.65. The largest absolute Gasteiger partial charge is 0.503 e. The van der Waals surface area contributed by atoms with Crippen LogP contribution in [0.1, 0.15) is 0 Å². The molecular formula is C2H7N3O4. The summed E-state index contributed by atoms with van der Waals surface area (Å²) in [5, 5.41) is 13.9. The van der Waals surface area contributed by atoms with E-state index in [0.29, 0.717) is 0 Å². The van der Waals surface area contributed by atoms with Gasteiger partial charge in [-0.05, 0) is 0 Å². The lowest BCUT2D eigenvalue weighted by Crippen LogP contribution is -2.34. The van der Waals surface area contributed by atoms with Crippen molar-refractivity contribution in [3.63, 3.8) is 0 Å². The van der Waals surface area contributed by atoms with Crippen LogP contribution in [0.25, 0.3) is 0 Å². The van der Waals surface area contributed by atoms with Gasteiger partial charge in [0, 0.05) is 0 Å². The Bertz CT molecular complexity index is 98.0. The van der Waals surface area contributed by atoms with E-state index in [9.17, 15) is 4.79 Å². The van der Waals surface area contributed by atoms with Gasteiger partial charge in [-0.2, -0.15) is 0 Å². The number of rotatable bonds is 0. The Morgan fingerprint density at radius 3 is 1.44 bits per heavy atom. The maximum Gasteiger partial charge on any atom is 0.503 e. The molecule has 0 spiro atoms. The Kier molecular flexibility index (Phi) is 7.57. The van der Waals surface area contributed by atoms with Gasteiger partial charge >= 0.3 is 12.2 Å². The first-order chi connectivity index (χ1) is 4.00. The molecule has 54 valence electrons. The molecule has 0 rings (SSSR count). The van der Waals surface area contributed by atoms with Gasteiger partial charge in [-0.3, -0.25) is 5.43 Å². The molecule has 0 aliphatic heterocycles. The Morgan fingerprint density at radius 1 is 1.33 bits per heavy atom. The van der Waals surface area contributed by atoms with Gasteiger partial charge in [0.15, 0.2) is 0 Å². The Balaban J connectivity index is 0. The van der Waals surface area contributed by atoms with Crippen molar-refractivity contribution in [1.82, 2.24) is 5.43 Å². The van der Waals surface area contributed by atoms with Gasteiger partial charge in [0.1, 0.15) is 0 Å². The van der Waals surface area contributed by atoms with E-state index in [2.05, 4.69) is 11.6 Å². The van der Waals surface area contributed by atoms with E-state index in [1.807, 2.05) is 0 Å². The predicted octanol–water partition coefficient (Wildman–Crippen LogP) is -1.25. The van der Waals surface area contributed by atoms with Crippen LogP contribution in [0.4, 0.5) is 9.59 Å². The van der Waals surface area contributed by atoms with E-state index in [1.54, 1.807) is 5.43 Å². The number of carbonyl (C=O) groups excluding carboxylic acids is 1. The number of urea groups is 1. The lowest BCUT2D eigenvalue weighted by Gasteiger charge is -1.81. The third kappa shape index (κ3) is 526. The second-order valence-electron chi connectivity index (χ2n) is 0.791. The van der Waals surface area contributed by atoms with E-state index in [1.165, 1.54) is 0 Å². The van der Waals surface area contributed by atoms with Gasteiger partial charge in [0.05, 0.1) is 0 Å². The van der Waals surface area contributed by atoms with Gasteiger partial charge in [0.2, 0.25) is 0 Å². The minimum atomic E-state index is -1.83. The van der Waals surface area contributed by atoms with Crippen molar-refractivity contribution in [3.8, 4) is 0 Å². The van der Waals surface area contributed by atoms with Crippen LogP contribution in [-0.4, -0.2) is 22.4 Å². The third-order valence-electron chi connectivity index (χ3n) is 0.142. The lowest BCUT2D eigenvalue weighted by molar-refractivity contribution is 0.137. The number of hydrogen-bond donors (Lipinski definition) is 5. The topological polar surface area (TPSA) is 139 Å². The standard InChI is InChI=1S/CH5N3O.CH2O3/c2-1(5)4-3;2-1(3)4/h3H2,(H3,2,4,5);(H2,2,3,4). The fraction of sp³-hybridized carbons (Fsp3) is 0. The molecule has 0 radical (unpaired) electrons. The van der Waals surface area contributed by atoms with Crippen LogP contribution in [0.15, 0.2) is 0 Å². The second-order valence-corrected chi connectivity index (χ2v) is 0.791. The summed E-state index contributed by atoms with van der Waals surface area (Å²) in [5.74, 6) is 4.45. The molecule has 0 aliphatic rings. The smallest absolute Gasteiger partial charge is 0.450 e. The molecule has 0 aromatic rings. The van der Waals surface area contributed by atoms with E-state index < -0.39 is 12.2 Å². The monoisotopic (exact) mass is 137 g/mol. The predicted molar refractivity (Wildman–Crippen MR) is 27.6 cm³/mol. The minimum Gasteiger partial charge on any atom is -0.450 e. The molecule has 9 heavy (non-hydrogen) atoms. The summed E-state index contributed by atoms with van der Waals surface area (Å²) in [6.07, 6.45) is -1.83. The van der Waals surface area contributed by atoms with E-state index in [-0.39, 0.29) is 0 Å². The molecule has 0 saturated heterocycles. The Labute approximate surface area is 50.2 Å². The number of nitrogens with two attached hydrogens (primary N) is 2. The van der Waals surface area contributed by atoms with Crippen LogP contribution in [0, 0.1) is 0 Å². The highest BCUT2D eigenvalue weighted by Gasteiger charge is 1.73. The third-order valence-corrected chi connectivity index (χ3v) is 0.142. The fourth-order valence-corrected chi connectivity index (χ4v) is 0. The molecule has 0 aromatic carbocycles. The molecule has 0 aliphatic carbocycles. The number of carboxylic acid groups (broad SMARTS) is 2. The zero-order chi connectivity index (χ0) is 7.86. The van der Waals surface area contributed by atoms with Crippen molar-refractivity contribution < 1.29 is 19.8 Å². The molecule has 0 saturated carbocycles. The highest BCUT2D eigenvalue weighted by molar-refractivity contribution is 5.70. The van der Waals surface area contributed by atoms with Crippen LogP contribution in [0.5, 0.6) is 0 Å². The van der Waals surface area contributed by atoms with Crippen molar-refractivity contribution in [2.75, 3.05) is 0 Å². The van der Waals surface area contributed by atoms with Crippen molar-refractivity contribution in [1.29, 1.82) is 0 Å². The molecule has 2 amide bonds. The first-order valence-electron chi connectivity index (χ1n) is 1.68. The highest BCUT2D eigenvalue weighted by Crippen LogP contribution is 1.42. The molecule has 0 fully saturated rings. The molecule has 0 unspecified atom stereocenters. The Hall–Kier alpha value is -1.50. The number of amides is 2. The number of hydrogen-bond acceptors (Lipinski definition) is 3. The lowest BCUT2D eigenvalue weighted by atomic mass is 11.2. The van der Waals surface area contributed by atoms with Crippen LogP contribution in [0.3, 0.4) is 0 Å². The molecule has 0 bridgehead atoms. The van der Waals surface area contributed by atoms with Crippen molar-refractivity contribution in [2.24, 2.45) is 11.6 Å². The quantitative estimate of drug-likeness (QED) is 0.161. The van der Waals surface area contributed by atoms with Gasteiger partial charge in [0.25, 0.3) is 0 Å². The maximum atomic E-state index is 9.35. The molecule has 0 heterocycles. The molecule has 7 N–H and O–H groups in total. The van der Waals surface area contributed by atoms with Crippen LogP contribution < -0.4 is 17.0 Å². The molecule has 7 nitrogen and oxygen atoms in total. The normalized spacial score (nSPS) is 6.33. The number of nitrogens with one attached hydrogen (secondary N) is 1. The SMILES string of the molecule is NNC(N)=O.O=C(O)O. The average molecular weight is 137 g/mol. The summed E-state index contributed by atoms with van der Waals surface area (Å²) < 4.78 is 0. The summed E-state index contributed by atoms with van der Waals surface area (Å²) in [6, 6.07) is -0.718. The van der Waals surface area contributed by atoms with Crippen molar-refractivity contribution >= 4 is 12.2 Å². The zero-order valence-corrected chi connectivity index (χ0v) is 4.37. The fourth-order valence-electron chi connectivity index (χ4n) is 0. The first kappa shape index (κ1) is 10.5. The first-order valence-corrected chi connectivity index (χ1v) is 1.68. The van der Waals surface area contributed by atoms with Gasteiger partial charge in [-0.15, -0.1) is 0 Å². The summed E-state index contributed by atoms with van der Waals surface area (Å²) in [6.45, 7) is 0. The van der Waals surface area contributed by atoms with Crippen LogP contribution in [0.2, 0.25) is 0 Å². The van der Waals surface area contributed by atoms with Crippen molar-refractivity contribution in [2.45, 2.75) is 0 Å². The molecular weight excluding hydrogens is 130 g/mol. The van der Waals surface area contributed by atoms with Gasteiger partial charge < -0.3 is 15.9 Å². The number of primary amides is 1. The summed E-state index contributed by atoms with van der Waals surface area (Å²) in [5.41, 5.74) is 6.08. The number of carbonyl (C=O) groups is 2. The van der Waals surface area contributed by atoms with Gasteiger partial charge in [-0.25, -0.2) is 15.4 Å². The van der Waals surface area contributed by atoms with E-state index >= 15 is 0 Å². The van der Waals surface area contributed by atoms with Crippen LogP contribution >= 0.6 is 0 Å². The van der Waals surface area contributed by atoms with E-state index in [0.717, 1.165) is 0 Å². The van der Waals surface area contributed by atoms with Crippen LogP contribution in [-0.2, 0) is 0 Å². The molecule has 0 aromatic heterocycles. The second kappa shape index (κ2) is 6.50. The Morgan fingerprint density at radius 2 is 1.44 bits per heavy atom. The summed E-state index contributed by atoms with van der Waals surface area (Å²) in [7, 11) is 0. The molecule has 7 heteroatoms. The number of hydrazine groups is 1. The van der Waals surface area contributed by atoms with Gasteiger partial charge in [-0.1, -0.05) is 0 Å². The zero-order valence-electron chi connectivity index (χ0n) is 4.37. The maximum absolute atomic E-state index is 9.35. The molecule has 0 atom stereocenters. The van der Waals surface area contributed by atoms with Crippen molar-refractivity contribution in [3.05, 3.63) is 0 Å². The summed E-state index contributed by atoms with van der Waals surface area (Å²) in [4.78, 5) is 17.9. The highest BCUT2D eigenvalue weighted by atomic mass is 16.6. The summed E-state index contributed by atoms with van der Waals surface area (Å²) >= 11 is 0. The minimum absolute atomic E-state index is 0.718. The van der Waals surface area contributed by atoms with E-state index in [4.69, 9.17) is 15.0 Å².